The van der Waals surface area contributed by atoms with Crippen molar-refractivity contribution in [3.63, 3.8) is 0 Å². The second-order valence-electron chi connectivity index (χ2n) is 7.21. The van der Waals surface area contributed by atoms with E-state index < -0.39 is 14.7 Å². The van der Waals surface area contributed by atoms with Gasteiger partial charge in [-0.05, 0) is 12.1 Å². The van der Waals surface area contributed by atoms with E-state index in [9.17, 15) is 18.9 Å². The van der Waals surface area contributed by atoms with E-state index in [4.69, 9.17) is 4.74 Å². The third-order valence-corrected chi connectivity index (χ3v) is 9.30. The Bertz CT molecular complexity index is 1260. The Kier molecular flexibility index (Phi) is 6.45. The SMILES string of the molecule is O=P(O)(O)c1ccccc1OCc1ccccc1P(=O)(c1ccccc1)c1ccccc1. The smallest absolute Gasteiger partial charge is 0.359 e. The third-order valence-electron chi connectivity index (χ3n) is 5.13. The van der Waals surface area contributed by atoms with Crippen LogP contribution >= 0.6 is 14.7 Å². The number of hydrogen-bond donors (Lipinski definition) is 2. The van der Waals surface area contributed by atoms with Gasteiger partial charge in [0.05, 0.1) is 0 Å². The number of benzene rings is 4. The van der Waals surface area contributed by atoms with Gasteiger partial charge in [-0.2, -0.15) is 0 Å². The van der Waals surface area contributed by atoms with Gasteiger partial charge in [0.25, 0.3) is 0 Å². The van der Waals surface area contributed by atoms with Gasteiger partial charge in [-0.3, -0.25) is 4.57 Å². The molecule has 0 heterocycles. The van der Waals surface area contributed by atoms with E-state index in [1.54, 1.807) is 12.1 Å². The van der Waals surface area contributed by atoms with Crippen molar-refractivity contribution in [1.82, 2.24) is 0 Å². The zero-order chi connectivity index (χ0) is 22.6. The Morgan fingerprint density at radius 3 is 1.62 bits per heavy atom. The summed E-state index contributed by atoms with van der Waals surface area (Å²) in [6, 6.07) is 32.0. The van der Waals surface area contributed by atoms with Gasteiger partial charge < -0.3 is 19.1 Å². The van der Waals surface area contributed by atoms with Gasteiger partial charge in [0, 0.05) is 21.5 Å². The van der Waals surface area contributed by atoms with Crippen molar-refractivity contribution in [3.05, 3.63) is 115 Å². The predicted octanol–water partition coefficient (Wildman–Crippen LogP) is 3.71. The van der Waals surface area contributed by atoms with Gasteiger partial charge in [0.2, 0.25) is 0 Å². The van der Waals surface area contributed by atoms with Crippen LogP contribution in [0.25, 0.3) is 0 Å². The molecule has 0 unspecified atom stereocenters. The Labute approximate surface area is 186 Å². The normalized spacial score (nSPS) is 11.8. The molecule has 0 fully saturated rings. The Morgan fingerprint density at radius 2 is 1.06 bits per heavy atom. The van der Waals surface area contributed by atoms with Gasteiger partial charge >= 0.3 is 7.60 Å². The minimum Gasteiger partial charge on any atom is -0.488 e. The van der Waals surface area contributed by atoms with Gasteiger partial charge in [0.1, 0.15) is 17.7 Å². The molecule has 0 aliphatic heterocycles. The van der Waals surface area contributed by atoms with E-state index >= 15 is 0 Å². The van der Waals surface area contributed by atoms with Gasteiger partial charge in [-0.1, -0.05) is 97.1 Å². The molecule has 162 valence electrons. The lowest BCUT2D eigenvalue weighted by Gasteiger charge is -2.23. The maximum atomic E-state index is 14.7. The number of rotatable bonds is 7. The van der Waals surface area contributed by atoms with Crippen LogP contribution < -0.4 is 26.0 Å². The second-order valence-corrected chi connectivity index (χ2v) is 11.5. The molecular formula is C25H22O5P2. The lowest BCUT2D eigenvalue weighted by molar-refractivity contribution is 0.307. The monoisotopic (exact) mass is 464 g/mol. The van der Waals surface area contributed by atoms with Crippen molar-refractivity contribution < 1.29 is 23.7 Å². The van der Waals surface area contributed by atoms with Crippen LogP contribution in [0.4, 0.5) is 0 Å². The van der Waals surface area contributed by atoms with E-state index in [1.807, 2.05) is 84.9 Å². The summed E-state index contributed by atoms with van der Waals surface area (Å²) in [5.74, 6) is 0.102. The predicted molar refractivity (Wildman–Crippen MR) is 128 cm³/mol. The van der Waals surface area contributed by atoms with Gasteiger partial charge in [0.15, 0.2) is 7.14 Å². The van der Waals surface area contributed by atoms with E-state index in [0.717, 1.165) is 0 Å². The van der Waals surface area contributed by atoms with Crippen LogP contribution in [0.3, 0.4) is 0 Å². The fourth-order valence-corrected chi connectivity index (χ4v) is 7.20. The van der Waals surface area contributed by atoms with Crippen LogP contribution in [0.1, 0.15) is 5.56 Å². The summed E-state index contributed by atoms with van der Waals surface area (Å²) in [7, 11) is -7.71. The van der Waals surface area contributed by atoms with Crippen molar-refractivity contribution in [3.8, 4) is 5.75 Å². The molecule has 0 saturated carbocycles. The first kappa shape index (κ1) is 22.3. The Balaban J connectivity index is 1.79. The van der Waals surface area contributed by atoms with Crippen LogP contribution in [0.15, 0.2) is 109 Å². The maximum Gasteiger partial charge on any atom is 0.359 e. The van der Waals surface area contributed by atoms with E-state index in [-0.39, 0.29) is 17.7 Å². The van der Waals surface area contributed by atoms with E-state index in [0.29, 0.717) is 21.5 Å². The zero-order valence-corrected chi connectivity index (χ0v) is 18.9. The summed E-state index contributed by atoms with van der Waals surface area (Å²) in [6.07, 6.45) is 0. The Hall–Kier alpha value is -2.94. The van der Waals surface area contributed by atoms with Crippen molar-refractivity contribution in [1.29, 1.82) is 0 Å². The summed E-state index contributed by atoms with van der Waals surface area (Å²) in [5, 5.41) is 1.86. The highest BCUT2D eigenvalue weighted by Crippen LogP contribution is 2.43. The molecule has 0 aliphatic carbocycles. The molecule has 0 radical (unpaired) electrons. The summed E-state index contributed by atoms with van der Waals surface area (Å²) < 4.78 is 32.4. The highest BCUT2D eigenvalue weighted by molar-refractivity contribution is 7.85. The molecule has 4 rings (SSSR count). The molecule has 4 aromatic rings. The first-order chi connectivity index (χ1) is 15.4. The first-order valence-corrected chi connectivity index (χ1v) is 13.3. The number of ether oxygens (including phenoxy) is 1. The van der Waals surface area contributed by atoms with Crippen LogP contribution in [0.2, 0.25) is 0 Å². The molecule has 0 aromatic heterocycles. The Morgan fingerprint density at radius 1 is 0.594 bits per heavy atom. The maximum absolute atomic E-state index is 14.7. The quantitative estimate of drug-likeness (QED) is 0.408. The minimum atomic E-state index is -4.50. The lowest BCUT2D eigenvalue weighted by atomic mass is 10.2. The molecule has 5 nitrogen and oxygen atoms in total. The van der Waals surface area contributed by atoms with Crippen molar-refractivity contribution >= 4 is 36.0 Å². The third kappa shape index (κ3) is 4.48. The highest BCUT2D eigenvalue weighted by Gasteiger charge is 2.32. The second kappa shape index (κ2) is 9.28. The van der Waals surface area contributed by atoms with Crippen LogP contribution in [-0.2, 0) is 15.7 Å². The average Bonchev–Trinajstić information content (AvgIpc) is 2.83. The molecule has 0 bridgehead atoms. The highest BCUT2D eigenvalue weighted by atomic mass is 31.2. The summed E-state index contributed by atoms with van der Waals surface area (Å²) in [4.78, 5) is 19.3. The molecule has 0 saturated heterocycles. The minimum absolute atomic E-state index is 0.0108. The number of hydrogen-bond acceptors (Lipinski definition) is 3. The summed E-state index contributed by atoms with van der Waals surface area (Å²) >= 11 is 0. The summed E-state index contributed by atoms with van der Waals surface area (Å²) in [6.45, 7) is 0.0108. The van der Waals surface area contributed by atoms with Crippen molar-refractivity contribution in [2.45, 2.75) is 6.61 Å². The van der Waals surface area contributed by atoms with Crippen LogP contribution in [0.5, 0.6) is 5.75 Å². The van der Waals surface area contributed by atoms with Crippen LogP contribution in [0, 0.1) is 0 Å². The standard InChI is InChI=1S/C25H22O5P2/c26-31(21-12-3-1-4-13-21,22-14-5-2-6-15-22)24-17-9-7-11-20(24)19-30-23-16-8-10-18-25(23)32(27,28)29/h1-18H,19H2,(H2,27,28,29). The van der Waals surface area contributed by atoms with Crippen molar-refractivity contribution in [2.75, 3.05) is 0 Å². The molecule has 0 aliphatic rings. The van der Waals surface area contributed by atoms with Gasteiger partial charge in [-0.15, -0.1) is 0 Å². The van der Waals surface area contributed by atoms with Gasteiger partial charge in [-0.25, -0.2) is 0 Å². The van der Waals surface area contributed by atoms with E-state index in [2.05, 4.69) is 0 Å². The molecule has 0 atom stereocenters. The first-order valence-electron chi connectivity index (χ1n) is 9.98. The van der Waals surface area contributed by atoms with Crippen molar-refractivity contribution in [2.24, 2.45) is 0 Å². The molecular weight excluding hydrogens is 442 g/mol. The molecule has 0 amide bonds. The van der Waals surface area contributed by atoms with E-state index in [1.165, 1.54) is 12.1 Å². The molecule has 0 spiro atoms. The molecule has 4 aromatic carbocycles. The summed E-state index contributed by atoms with van der Waals surface area (Å²) in [5.41, 5.74) is 0.684. The molecule has 32 heavy (non-hydrogen) atoms. The largest absolute Gasteiger partial charge is 0.488 e. The fraction of sp³-hybridized carbons (Fsp3) is 0.0400. The zero-order valence-electron chi connectivity index (χ0n) is 17.1. The topological polar surface area (TPSA) is 83.8 Å². The molecule has 2 N–H and O–H groups in total. The average molecular weight is 464 g/mol. The van der Waals surface area contributed by atoms with Crippen LogP contribution in [-0.4, -0.2) is 9.79 Å². The molecule has 7 heteroatoms. The number of para-hydroxylation sites is 1. The lowest BCUT2D eigenvalue weighted by Crippen LogP contribution is -2.28. The fourth-order valence-electron chi connectivity index (χ4n) is 3.62.